The van der Waals surface area contributed by atoms with Crippen molar-refractivity contribution >= 4 is 30.1 Å². The Morgan fingerprint density at radius 3 is 3.00 bits per heavy atom. The molecule has 0 bridgehead atoms. The lowest BCUT2D eigenvalue weighted by Crippen LogP contribution is -2.45. The first-order valence-corrected chi connectivity index (χ1v) is 5.20. The lowest BCUT2D eigenvalue weighted by Gasteiger charge is -2.11. The van der Waals surface area contributed by atoms with Gasteiger partial charge in [-0.3, -0.25) is 10.1 Å². The molecule has 1 aliphatic heterocycles. The van der Waals surface area contributed by atoms with Crippen molar-refractivity contribution in [3.8, 4) is 0 Å². The quantitative estimate of drug-likeness (QED) is 0.608. The first-order chi connectivity index (χ1) is 5.70. The molecule has 13 heavy (non-hydrogen) atoms. The van der Waals surface area contributed by atoms with Crippen LogP contribution >= 0.6 is 24.2 Å². The molecule has 78 valence electrons. The second-order valence-corrected chi connectivity index (χ2v) is 4.02. The summed E-state index contributed by atoms with van der Waals surface area (Å²) in [5.41, 5.74) is 5.50. The van der Waals surface area contributed by atoms with E-state index in [4.69, 9.17) is 5.73 Å². The highest BCUT2D eigenvalue weighted by Crippen LogP contribution is 2.08. The minimum atomic E-state index is -0.0197. The number of hydrogen-bond donors (Lipinski definition) is 3. The Morgan fingerprint density at radius 2 is 2.54 bits per heavy atom. The Kier molecular flexibility index (Phi) is 6.49. The number of carbonyl (C=O) groups excluding carboxylic acids is 1. The Bertz CT molecular complexity index is 162. The molecule has 6 heteroatoms. The van der Waals surface area contributed by atoms with E-state index in [2.05, 4.69) is 10.6 Å². The van der Waals surface area contributed by atoms with Crippen LogP contribution in [0.25, 0.3) is 0 Å². The number of thioether (sulfide) groups is 1. The van der Waals surface area contributed by atoms with Gasteiger partial charge in [0.2, 0.25) is 5.91 Å². The van der Waals surface area contributed by atoms with E-state index in [-0.39, 0.29) is 30.4 Å². The summed E-state index contributed by atoms with van der Waals surface area (Å²) >= 11 is 1.74. The summed E-state index contributed by atoms with van der Waals surface area (Å²) in [4.78, 5) is 11.3. The van der Waals surface area contributed by atoms with Gasteiger partial charge in [0.15, 0.2) is 0 Å². The number of nitrogens with one attached hydrogen (secondary N) is 2. The van der Waals surface area contributed by atoms with Crippen molar-refractivity contribution < 1.29 is 4.79 Å². The molecular weight excluding hydrogens is 210 g/mol. The van der Waals surface area contributed by atoms with Crippen LogP contribution in [-0.4, -0.2) is 36.2 Å². The zero-order valence-corrected chi connectivity index (χ0v) is 9.21. The number of hydrogen-bond acceptors (Lipinski definition) is 4. The molecule has 0 spiro atoms. The van der Waals surface area contributed by atoms with Gasteiger partial charge in [0.1, 0.15) is 0 Å². The maximum absolute atomic E-state index is 11.3. The standard InChI is InChI=1S/C7H15N3OS.ClH/c1-5(8)2-9-7(11)6-3-12-4-10-6;/h5-6,10H,2-4,8H2,1H3,(H,9,11);1H/t5?,6-;/m1./s1. The van der Waals surface area contributed by atoms with Crippen molar-refractivity contribution in [2.24, 2.45) is 5.73 Å². The Morgan fingerprint density at radius 1 is 1.85 bits per heavy atom. The molecule has 1 aliphatic rings. The minimum absolute atomic E-state index is 0. The monoisotopic (exact) mass is 225 g/mol. The van der Waals surface area contributed by atoms with Gasteiger partial charge in [0, 0.05) is 24.2 Å². The number of rotatable bonds is 3. The molecule has 0 aromatic heterocycles. The topological polar surface area (TPSA) is 67.1 Å². The molecule has 1 heterocycles. The summed E-state index contributed by atoms with van der Waals surface area (Å²) in [7, 11) is 0. The van der Waals surface area contributed by atoms with Crippen molar-refractivity contribution in [2.75, 3.05) is 18.2 Å². The lowest BCUT2D eigenvalue weighted by atomic mass is 10.3. The maximum Gasteiger partial charge on any atom is 0.238 e. The molecule has 2 atom stereocenters. The molecule has 4 N–H and O–H groups in total. The predicted molar refractivity (Wildman–Crippen MR) is 58.2 cm³/mol. The van der Waals surface area contributed by atoms with Crippen LogP contribution in [0.15, 0.2) is 0 Å². The third-order valence-corrected chi connectivity index (χ3v) is 2.57. The van der Waals surface area contributed by atoms with Gasteiger partial charge in [-0.1, -0.05) is 0 Å². The van der Waals surface area contributed by atoms with Crippen LogP contribution in [-0.2, 0) is 4.79 Å². The third-order valence-electron chi connectivity index (χ3n) is 1.63. The van der Waals surface area contributed by atoms with E-state index in [1.807, 2.05) is 6.92 Å². The van der Waals surface area contributed by atoms with Crippen molar-refractivity contribution in [3.05, 3.63) is 0 Å². The molecule has 0 aliphatic carbocycles. The second-order valence-electron chi connectivity index (χ2n) is 2.99. The van der Waals surface area contributed by atoms with Gasteiger partial charge in [0.05, 0.1) is 6.04 Å². The zero-order chi connectivity index (χ0) is 8.97. The number of nitrogens with two attached hydrogens (primary N) is 1. The molecule has 1 rings (SSSR count). The van der Waals surface area contributed by atoms with E-state index in [0.717, 1.165) is 11.6 Å². The normalized spacial score (nSPS) is 23.4. The van der Waals surface area contributed by atoms with E-state index in [9.17, 15) is 4.79 Å². The van der Waals surface area contributed by atoms with E-state index in [0.29, 0.717) is 6.54 Å². The lowest BCUT2D eigenvalue weighted by molar-refractivity contribution is -0.122. The van der Waals surface area contributed by atoms with E-state index in [1.165, 1.54) is 0 Å². The van der Waals surface area contributed by atoms with Gasteiger partial charge < -0.3 is 11.1 Å². The largest absolute Gasteiger partial charge is 0.353 e. The van der Waals surface area contributed by atoms with Crippen LogP contribution in [0.3, 0.4) is 0 Å². The average molecular weight is 226 g/mol. The predicted octanol–water partition coefficient (Wildman–Crippen LogP) is -0.466. The third kappa shape index (κ3) is 4.71. The summed E-state index contributed by atoms with van der Waals surface area (Å²) in [5.74, 6) is 1.80. The first kappa shape index (κ1) is 13.0. The van der Waals surface area contributed by atoms with Crippen molar-refractivity contribution in [1.29, 1.82) is 0 Å². The molecule has 0 radical (unpaired) electrons. The van der Waals surface area contributed by atoms with Gasteiger partial charge >= 0.3 is 0 Å². The zero-order valence-electron chi connectivity index (χ0n) is 7.58. The van der Waals surface area contributed by atoms with Crippen LogP contribution in [0.5, 0.6) is 0 Å². The average Bonchev–Trinajstić information content (AvgIpc) is 2.51. The first-order valence-electron chi connectivity index (χ1n) is 4.04. The van der Waals surface area contributed by atoms with Crippen LogP contribution < -0.4 is 16.4 Å². The molecule has 0 aromatic rings. The highest BCUT2D eigenvalue weighted by atomic mass is 35.5. The smallest absolute Gasteiger partial charge is 0.238 e. The molecule has 1 unspecified atom stereocenters. The van der Waals surface area contributed by atoms with E-state index in [1.54, 1.807) is 11.8 Å². The number of amides is 1. The Hall–Kier alpha value is 0.0300. The van der Waals surface area contributed by atoms with Gasteiger partial charge in [-0.25, -0.2) is 0 Å². The number of carbonyl (C=O) groups is 1. The van der Waals surface area contributed by atoms with Crippen LogP contribution in [0.1, 0.15) is 6.92 Å². The van der Waals surface area contributed by atoms with Gasteiger partial charge in [0.25, 0.3) is 0 Å². The summed E-state index contributed by atoms with van der Waals surface area (Å²) in [6.45, 7) is 2.43. The van der Waals surface area contributed by atoms with Crippen molar-refractivity contribution in [1.82, 2.24) is 10.6 Å². The van der Waals surface area contributed by atoms with Crippen molar-refractivity contribution in [2.45, 2.75) is 19.0 Å². The Balaban J connectivity index is 0.00000144. The maximum atomic E-state index is 11.3. The molecule has 0 aromatic carbocycles. The summed E-state index contributed by atoms with van der Waals surface area (Å²) in [5, 5.41) is 5.87. The molecule has 1 amide bonds. The minimum Gasteiger partial charge on any atom is -0.353 e. The molecule has 1 fully saturated rings. The fraction of sp³-hybridized carbons (Fsp3) is 0.857. The summed E-state index contributed by atoms with van der Waals surface area (Å²) < 4.78 is 0. The van der Waals surface area contributed by atoms with Crippen molar-refractivity contribution in [3.63, 3.8) is 0 Å². The molecule has 4 nitrogen and oxygen atoms in total. The SMILES string of the molecule is CC(N)CNC(=O)[C@H]1CSCN1.Cl. The summed E-state index contributed by atoms with van der Waals surface area (Å²) in [6, 6.07) is 0.0109. The van der Waals surface area contributed by atoms with Crippen LogP contribution in [0, 0.1) is 0 Å². The van der Waals surface area contributed by atoms with Crippen LogP contribution in [0.4, 0.5) is 0 Å². The summed E-state index contributed by atoms with van der Waals surface area (Å²) in [6.07, 6.45) is 0. The fourth-order valence-corrected chi connectivity index (χ4v) is 1.89. The second kappa shape index (κ2) is 6.48. The molecular formula is C7H16ClN3OS. The Labute approximate surface area is 88.8 Å². The van der Waals surface area contributed by atoms with Gasteiger partial charge in [-0.2, -0.15) is 0 Å². The van der Waals surface area contributed by atoms with E-state index >= 15 is 0 Å². The highest BCUT2D eigenvalue weighted by molar-refractivity contribution is 7.99. The van der Waals surface area contributed by atoms with E-state index < -0.39 is 0 Å². The molecule has 0 saturated carbocycles. The van der Waals surface area contributed by atoms with Gasteiger partial charge in [-0.15, -0.1) is 24.2 Å². The highest BCUT2D eigenvalue weighted by Gasteiger charge is 2.21. The van der Waals surface area contributed by atoms with Crippen LogP contribution in [0.2, 0.25) is 0 Å². The number of halogens is 1. The molecule has 1 saturated heterocycles. The van der Waals surface area contributed by atoms with Gasteiger partial charge in [-0.05, 0) is 6.92 Å². The fourth-order valence-electron chi connectivity index (χ4n) is 0.948.